The van der Waals surface area contributed by atoms with Gasteiger partial charge >= 0.3 is 0 Å². The molecule has 5 nitrogen and oxygen atoms in total. The number of para-hydroxylation sites is 2. The van der Waals surface area contributed by atoms with Gasteiger partial charge in [0.05, 0.1) is 28.1 Å². The Morgan fingerprint density at radius 1 is 0.440 bits per heavy atom. The van der Waals surface area contributed by atoms with Gasteiger partial charge in [0.25, 0.3) is 0 Å². The summed E-state index contributed by atoms with van der Waals surface area (Å²) in [6.45, 7) is 18.5. The molecule has 4 heterocycles. The summed E-state index contributed by atoms with van der Waals surface area (Å²) in [6, 6.07) is 93.9. The van der Waals surface area contributed by atoms with Gasteiger partial charge in [0.15, 0.2) is 8.07 Å². The minimum Gasteiger partial charge on any atom is -0.457 e. The lowest BCUT2D eigenvalue weighted by atomic mass is 9.81. The molecule has 0 saturated carbocycles. The molecule has 2 aliphatic heterocycles. The van der Waals surface area contributed by atoms with E-state index >= 15 is 0 Å². The number of ether oxygens (including phenoxy) is 1. The normalized spacial score (nSPS) is 14.2. The van der Waals surface area contributed by atoms with Crippen LogP contribution in [0.15, 0.2) is 267 Å². The van der Waals surface area contributed by atoms with Crippen LogP contribution in [0.5, 0.6) is 11.5 Å². The van der Waals surface area contributed by atoms with Crippen molar-refractivity contribution < 1.29 is 8.85 Å². The number of fused-ring (bicyclic) bond motifs is 8. The number of hydrogen-bond acceptors (Lipinski definition) is 4. The second kappa shape index (κ2) is 21.9. The van der Waals surface area contributed by atoms with Gasteiger partial charge in [0, 0.05) is 55.6 Å². The SMILES string of the molecule is [2H]C([2H])([2H])c1cc(-c2ccccc2)c(N2CN(c3cccc(Oc4ccc5c6c7c(ccc6n(-c6cc(C(C)(C)C)c(-c8cccc(C(C)(C)C)c8)cn6)c5c4)-c4ccccc4[Si]7(c4ccccc4)c4ccccc4)c3)c3ccccc32)c(-c2cccc(C(C)(C)C)c2)c1. The number of aromatic nitrogens is 2. The first-order chi connectivity index (χ1) is 45.1. The smallest absolute Gasteiger partial charge is 0.181 e. The molecule has 2 aromatic heterocycles. The summed E-state index contributed by atoms with van der Waals surface area (Å²) in [5.74, 6) is 2.23. The Morgan fingerprint density at radius 2 is 1.01 bits per heavy atom. The molecule has 446 valence electrons. The standard InChI is InChI=1S/C85H76N4OSi/c1-56-47-70(57-27-14-11-15-28-57)81(71(48-56)58-29-24-31-60(49-58)83(2,3)4)88-55-87(74-40-21-22-41-75(74)88)62-33-26-34-63(51-62)90-64-43-44-69-77(52-64)89(79-53-73(85(8,9)10)72(54-86-79)59-30-25-32-61(50-59)84(5,6)7)76-46-45-68-67-39-20-23-42-78(67)91(82(68)80(69)76,65-35-16-12-17-36-65)66-37-18-13-19-38-66/h11-54H,55H2,1-10H3/i1D3. The average Bonchev–Trinajstić information content (AvgIpc) is 1.51. The van der Waals surface area contributed by atoms with Crippen LogP contribution in [0.25, 0.3) is 72.1 Å². The van der Waals surface area contributed by atoms with E-state index in [1.54, 1.807) is 0 Å². The average molecular weight is 1200 g/mol. The second-order valence-corrected chi connectivity index (χ2v) is 31.5. The van der Waals surface area contributed by atoms with Gasteiger partial charge in [-0.15, -0.1) is 0 Å². The van der Waals surface area contributed by atoms with Gasteiger partial charge in [-0.25, -0.2) is 4.98 Å². The first-order valence-electron chi connectivity index (χ1n) is 33.4. The van der Waals surface area contributed by atoms with Crippen molar-refractivity contribution in [1.29, 1.82) is 0 Å². The fourth-order valence-electron chi connectivity index (χ4n) is 14.5. The zero-order valence-corrected chi connectivity index (χ0v) is 54.3. The van der Waals surface area contributed by atoms with Crippen LogP contribution in [0.2, 0.25) is 0 Å². The summed E-state index contributed by atoms with van der Waals surface area (Å²) >= 11 is 0. The highest BCUT2D eigenvalue weighted by molar-refractivity contribution is 7.23. The highest BCUT2D eigenvalue weighted by atomic mass is 28.3. The Hall–Kier alpha value is -10.0. The topological polar surface area (TPSA) is 33.5 Å². The molecular weight excluding hydrogens is 1120 g/mol. The fraction of sp³-hybridized carbons (Fsp3) is 0.165. The van der Waals surface area contributed by atoms with E-state index in [0.29, 0.717) is 23.7 Å². The van der Waals surface area contributed by atoms with Crippen molar-refractivity contribution in [3.05, 3.63) is 289 Å². The molecule has 0 atom stereocenters. The lowest BCUT2D eigenvalue weighted by Crippen LogP contribution is -2.72. The van der Waals surface area contributed by atoms with E-state index in [0.717, 1.165) is 78.4 Å². The Labute approximate surface area is 541 Å². The predicted molar refractivity (Wildman–Crippen MR) is 387 cm³/mol. The van der Waals surface area contributed by atoms with Gasteiger partial charge in [-0.1, -0.05) is 250 Å². The predicted octanol–water partition coefficient (Wildman–Crippen LogP) is 19.8. The molecule has 0 unspecified atom stereocenters. The van der Waals surface area contributed by atoms with Gasteiger partial charge in [-0.2, -0.15) is 0 Å². The summed E-state index contributed by atoms with van der Waals surface area (Å²) in [5, 5.41) is 7.82. The Kier molecular flexibility index (Phi) is 13.0. The van der Waals surface area contributed by atoms with Crippen molar-refractivity contribution >= 4 is 73.4 Å². The van der Waals surface area contributed by atoms with Crippen molar-refractivity contribution in [2.24, 2.45) is 0 Å². The summed E-state index contributed by atoms with van der Waals surface area (Å²) in [7, 11) is -3.01. The third-order valence-corrected chi connectivity index (χ3v) is 23.8. The largest absolute Gasteiger partial charge is 0.457 e. The maximum atomic E-state index is 8.79. The van der Waals surface area contributed by atoms with Crippen molar-refractivity contribution in [1.82, 2.24) is 9.55 Å². The molecular formula is C85H76N4OSi. The minimum atomic E-state index is -3.01. The molecule has 91 heavy (non-hydrogen) atoms. The van der Waals surface area contributed by atoms with E-state index in [-0.39, 0.29) is 16.2 Å². The number of benzene rings is 11. The summed E-state index contributed by atoms with van der Waals surface area (Å²) in [5.41, 5.74) is 18.0. The van der Waals surface area contributed by atoms with Crippen LogP contribution in [0.1, 0.15) is 88.7 Å². The monoisotopic (exact) mass is 1200 g/mol. The van der Waals surface area contributed by atoms with Crippen LogP contribution in [0, 0.1) is 6.85 Å². The van der Waals surface area contributed by atoms with Crippen LogP contribution in [-0.4, -0.2) is 24.3 Å². The van der Waals surface area contributed by atoms with Crippen LogP contribution in [0.3, 0.4) is 0 Å². The van der Waals surface area contributed by atoms with E-state index in [2.05, 4.69) is 307 Å². The molecule has 15 rings (SSSR count). The lowest BCUT2D eigenvalue weighted by molar-refractivity contribution is 0.483. The van der Waals surface area contributed by atoms with E-state index < -0.39 is 14.9 Å². The van der Waals surface area contributed by atoms with E-state index in [9.17, 15) is 0 Å². The van der Waals surface area contributed by atoms with E-state index in [1.165, 1.54) is 54.0 Å². The zero-order valence-electron chi connectivity index (χ0n) is 56.3. The van der Waals surface area contributed by atoms with Gasteiger partial charge in [-0.3, -0.25) is 4.57 Å². The number of pyridine rings is 1. The van der Waals surface area contributed by atoms with Gasteiger partial charge < -0.3 is 14.5 Å². The van der Waals surface area contributed by atoms with Crippen LogP contribution < -0.4 is 35.3 Å². The molecule has 13 aromatic rings. The molecule has 0 bridgehead atoms. The highest BCUT2D eigenvalue weighted by Gasteiger charge is 2.50. The minimum absolute atomic E-state index is 0.0232. The quantitative estimate of drug-likeness (QED) is 0.128. The Balaban J connectivity index is 0.898. The third kappa shape index (κ3) is 9.78. The van der Waals surface area contributed by atoms with Crippen molar-refractivity contribution in [3.63, 3.8) is 0 Å². The molecule has 0 saturated heterocycles. The molecule has 0 spiro atoms. The number of anilines is 4. The second-order valence-electron chi connectivity index (χ2n) is 27.8. The molecule has 0 N–H and O–H groups in total. The summed E-state index contributed by atoms with van der Waals surface area (Å²) in [6.07, 6.45) is 2.11. The van der Waals surface area contributed by atoms with Gasteiger partial charge in [0.1, 0.15) is 24.0 Å². The molecule has 0 fully saturated rings. The van der Waals surface area contributed by atoms with E-state index in [1.807, 2.05) is 36.4 Å². The number of nitrogens with zero attached hydrogens (tertiary/aromatic N) is 4. The van der Waals surface area contributed by atoms with Crippen molar-refractivity contribution in [3.8, 4) is 61.8 Å². The van der Waals surface area contributed by atoms with Crippen molar-refractivity contribution in [2.45, 2.75) is 85.4 Å². The zero-order chi connectivity index (χ0) is 65.1. The van der Waals surface area contributed by atoms with Crippen molar-refractivity contribution in [2.75, 3.05) is 16.5 Å². The lowest BCUT2D eigenvalue weighted by Gasteiger charge is -2.32. The maximum Gasteiger partial charge on any atom is 0.181 e. The number of hydrogen-bond donors (Lipinski definition) is 0. The molecule has 11 aromatic carbocycles. The van der Waals surface area contributed by atoms with Gasteiger partial charge in [0.2, 0.25) is 0 Å². The molecule has 2 aliphatic rings. The summed E-state index contributed by atoms with van der Waals surface area (Å²) in [4.78, 5) is 10.2. The summed E-state index contributed by atoms with van der Waals surface area (Å²) < 4.78 is 36.0. The third-order valence-electron chi connectivity index (χ3n) is 18.9. The highest BCUT2D eigenvalue weighted by Crippen LogP contribution is 2.52. The fourth-order valence-corrected chi connectivity index (χ4v) is 19.9. The maximum absolute atomic E-state index is 8.79. The van der Waals surface area contributed by atoms with Gasteiger partial charge in [-0.05, 0) is 155 Å². The molecule has 0 aliphatic carbocycles. The number of rotatable bonds is 10. The van der Waals surface area contributed by atoms with Crippen LogP contribution >= 0.6 is 0 Å². The Morgan fingerprint density at radius 3 is 1.66 bits per heavy atom. The molecule has 0 amide bonds. The first-order valence-corrected chi connectivity index (χ1v) is 33.9. The first kappa shape index (κ1) is 54.0. The van der Waals surface area contributed by atoms with E-state index in [4.69, 9.17) is 13.8 Å². The van der Waals surface area contributed by atoms with Crippen LogP contribution in [-0.2, 0) is 16.2 Å². The Bertz CT molecular complexity index is 5050. The number of aryl methyl sites for hydroxylation is 1. The molecule has 6 heteroatoms. The molecule has 0 radical (unpaired) electrons. The van der Waals surface area contributed by atoms with Crippen LogP contribution in [0.4, 0.5) is 22.7 Å².